The highest BCUT2D eigenvalue weighted by Crippen LogP contribution is 2.30. The zero-order valence-electron chi connectivity index (χ0n) is 10.9. The van der Waals surface area contributed by atoms with Crippen molar-refractivity contribution in [2.45, 2.75) is 12.3 Å². The van der Waals surface area contributed by atoms with Crippen molar-refractivity contribution < 1.29 is 0 Å². The van der Waals surface area contributed by atoms with Crippen LogP contribution in [0.4, 0.5) is 11.6 Å². The molecule has 0 aromatic carbocycles. The average molecular weight is 269 g/mol. The van der Waals surface area contributed by atoms with Gasteiger partial charge in [-0.2, -0.15) is 0 Å². The minimum Gasteiger partial charge on any atom is -0.384 e. The Morgan fingerprint density at radius 1 is 1.30 bits per heavy atom. The van der Waals surface area contributed by atoms with Crippen LogP contribution in [0.1, 0.15) is 17.9 Å². The summed E-state index contributed by atoms with van der Waals surface area (Å²) in [7, 11) is 0. The van der Waals surface area contributed by atoms with Gasteiger partial charge in [0.2, 0.25) is 0 Å². The first-order valence-corrected chi connectivity index (χ1v) is 6.62. The molecular formula is C13H15N7. The summed E-state index contributed by atoms with van der Waals surface area (Å²) < 4.78 is 1.85. The van der Waals surface area contributed by atoms with Crippen molar-refractivity contribution in [3.63, 3.8) is 0 Å². The Morgan fingerprint density at radius 3 is 3.00 bits per heavy atom. The molecule has 0 spiro atoms. The van der Waals surface area contributed by atoms with E-state index in [-0.39, 0.29) is 0 Å². The highest BCUT2D eigenvalue weighted by atomic mass is 15.1. The van der Waals surface area contributed by atoms with Crippen LogP contribution in [0, 0.1) is 0 Å². The van der Waals surface area contributed by atoms with E-state index in [0.717, 1.165) is 36.1 Å². The van der Waals surface area contributed by atoms with Gasteiger partial charge in [-0.05, 0) is 30.5 Å². The van der Waals surface area contributed by atoms with Crippen molar-refractivity contribution in [2.75, 3.05) is 24.6 Å². The molecule has 102 valence electrons. The first-order chi connectivity index (χ1) is 9.74. The van der Waals surface area contributed by atoms with E-state index in [4.69, 9.17) is 11.5 Å². The van der Waals surface area contributed by atoms with Gasteiger partial charge in [0, 0.05) is 6.54 Å². The number of nitrogen functional groups attached to an aromatic ring is 2. The largest absolute Gasteiger partial charge is 0.384 e. The van der Waals surface area contributed by atoms with Crippen LogP contribution in [0.15, 0.2) is 18.6 Å². The quantitative estimate of drug-likeness (QED) is 0.594. The number of nitrogens with zero attached hydrogens (tertiary/aromatic N) is 4. The lowest BCUT2D eigenvalue weighted by molar-refractivity contribution is 0.767. The third-order valence-corrected chi connectivity index (χ3v) is 3.89. The van der Waals surface area contributed by atoms with Gasteiger partial charge in [-0.25, -0.2) is 15.0 Å². The van der Waals surface area contributed by atoms with Gasteiger partial charge in [-0.1, -0.05) is 0 Å². The molecule has 0 amide bonds. The summed E-state index contributed by atoms with van der Waals surface area (Å²) in [5.74, 6) is 1.37. The summed E-state index contributed by atoms with van der Waals surface area (Å²) in [6.45, 7) is 1.94. The van der Waals surface area contributed by atoms with Crippen molar-refractivity contribution in [3.05, 3.63) is 24.2 Å². The van der Waals surface area contributed by atoms with Gasteiger partial charge in [0.15, 0.2) is 5.65 Å². The predicted octanol–water partition coefficient (Wildman–Crippen LogP) is 0.519. The smallest absolute Gasteiger partial charge is 0.167 e. The molecule has 0 radical (unpaired) electrons. The monoisotopic (exact) mass is 269 g/mol. The third kappa shape index (κ3) is 1.53. The molecule has 1 fully saturated rings. The van der Waals surface area contributed by atoms with E-state index in [1.54, 1.807) is 12.5 Å². The molecule has 1 aliphatic rings. The van der Waals surface area contributed by atoms with Crippen LogP contribution >= 0.6 is 0 Å². The number of nitrogens with one attached hydrogen (secondary N) is 1. The van der Waals surface area contributed by atoms with Crippen LogP contribution in [-0.2, 0) is 0 Å². The van der Waals surface area contributed by atoms with Crippen LogP contribution in [0.2, 0.25) is 0 Å². The molecule has 5 N–H and O–H groups in total. The van der Waals surface area contributed by atoms with E-state index in [1.165, 1.54) is 0 Å². The fourth-order valence-corrected chi connectivity index (χ4v) is 2.91. The molecule has 4 heterocycles. The highest BCUT2D eigenvalue weighted by Gasteiger charge is 2.22. The predicted molar refractivity (Wildman–Crippen MR) is 77.3 cm³/mol. The number of aromatic nitrogens is 4. The molecule has 7 nitrogen and oxygen atoms in total. The van der Waals surface area contributed by atoms with Gasteiger partial charge in [0.05, 0.1) is 6.20 Å². The Balaban J connectivity index is 2.10. The van der Waals surface area contributed by atoms with Gasteiger partial charge in [0.1, 0.15) is 29.0 Å². The van der Waals surface area contributed by atoms with Gasteiger partial charge >= 0.3 is 0 Å². The fourth-order valence-electron chi connectivity index (χ4n) is 2.91. The summed E-state index contributed by atoms with van der Waals surface area (Å²) in [6.07, 6.45) is 4.45. The van der Waals surface area contributed by atoms with E-state index in [1.807, 2.05) is 10.5 Å². The van der Waals surface area contributed by atoms with Crippen LogP contribution in [0.5, 0.6) is 0 Å². The minimum absolute atomic E-state index is 0.399. The summed E-state index contributed by atoms with van der Waals surface area (Å²) in [6, 6.07) is 1.91. The Morgan fingerprint density at radius 2 is 2.20 bits per heavy atom. The Kier molecular flexibility index (Phi) is 2.31. The minimum atomic E-state index is 0.399. The van der Waals surface area contributed by atoms with Crippen LogP contribution in [0.25, 0.3) is 16.7 Å². The lowest BCUT2D eigenvalue weighted by Crippen LogP contribution is -2.10. The second kappa shape index (κ2) is 4.04. The van der Waals surface area contributed by atoms with Gasteiger partial charge in [0.25, 0.3) is 0 Å². The maximum atomic E-state index is 6.03. The number of hydrogen-bond donors (Lipinski definition) is 3. The van der Waals surface area contributed by atoms with Gasteiger partial charge in [-0.3, -0.25) is 4.40 Å². The molecule has 3 aromatic heterocycles. The Labute approximate surface area is 115 Å². The van der Waals surface area contributed by atoms with Crippen molar-refractivity contribution in [1.29, 1.82) is 0 Å². The number of pyridine rings is 1. The van der Waals surface area contributed by atoms with Crippen molar-refractivity contribution in [3.8, 4) is 0 Å². The molecule has 0 bridgehead atoms. The maximum absolute atomic E-state index is 6.03. The van der Waals surface area contributed by atoms with Crippen LogP contribution in [0.3, 0.4) is 0 Å². The summed E-state index contributed by atoms with van der Waals surface area (Å²) in [5.41, 5.74) is 15.4. The zero-order valence-corrected chi connectivity index (χ0v) is 10.9. The Hall–Kier alpha value is -2.41. The van der Waals surface area contributed by atoms with Gasteiger partial charge in [-0.15, -0.1) is 0 Å². The molecular weight excluding hydrogens is 254 g/mol. The summed E-state index contributed by atoms with van der Waals surface area (Å²) >= 11 is 0. The van der Waals surface area contributed by atoms with Crippen LogP contribution < -0.4 is 16.8 Å². The van der Waals surface area contributed by atoms with Crippen LogP contribution in [-0.4, -0.2) is 32.4 Å². The number of rotatable bonds is 1. The lowest BCUT2D eigenvalue weighted by Gasteiger charge is -2.14. The topological polar surface area (TPSA) is 107 Å². The SMILES string of the molecule is Nc1cc(C2CCNC2)c2nc(N)c3cncn3c2n1. The van der Waals surface area contributed by atoms with E-state index in [0.29, 0.717) is 23.2 Å². The number of nitrogens with two attached hydrogens (primary N) is 2. The summed E-state index contributed by atoms with van der Waals surface area (Å²) in [5, 5.41) is 3.36. The molecule has 7 heteroatoms. The van der Waals surface area contributed by atoms with Crippen molar-refractivity contribution in [2.24, 2.45) is 0 Å². The van der Waals surface area contributed by atoms with E-state index >= 15 is 0 Å². The molecule has 1 saturated heterocycles. The zero-order chi connectivity index (χ0) is 13.7. The van der Waals surface area contributed by atoms with Crippen molar-refractivity contribution in [1.82, 2.24) is 24.7 Å². The standard InChI is InChI=1S/C13H15N7/c14-10-3-8(7-1-2-16-4-7)11-13(18-10)20-6-17-5-9(20)12(15)19-11/h3,5-7,16H,1-2,4H2,(H2,14,18)(H2,15,19). The Bertz CT molecular complexity index is 801. The average Bonchev–Trinajstić information content (AvgIpc) is 3.10. The van der Waals surface area contributed by atoms with E-state index in [2.05, 4.69) is 20.3 Å². The van der Waals surface area contributed by atoms with Crippen molar-refractivity contribution >= 4 is 28.3 Å². The van der Waals surface area contributed by atoms with E-state index in [9.17, 15) is 0 Å². The molecule has 1 atom stereocenters. The number of fused-ring (bicyclic) bond motifs is 3. The second-order valence-corrected chi connectivity index (χ2v) is 5.14. The molecule has 20 heavy (non-hydrogen) atoms. The van der Waals surface area contributed by atoms with Gasteiger partial charge < -0.3 is 16.8 Å². The molecule has 0 saturated carbocycles. The molecule has 0 aliphatic carbocycles. The normalized spacial score (nSPS) is 19.1. The first-order valence-electron chi connectivity index (χ1n) is 6.62. The highest BCUT2D eigenvalue weighted by molar-refractivity contribution is 5.84. The summed E-state index contributed by atoms with van der Waals surface area (Å²) in [4.78, 5) is 13.1. The maximum Gasteiger partial charge on any atom is 0.167 e. The third-order valence-electron chi connectivity index (χ3n) is 3.89. The molecule has 1 unspecified atom stereocenters. The number of imidazole rings is 1. The molecule has 3 aromatic rings. The second-order valence-electron chi connectivity index (χ2n) is 5.14. The number of anilines is 2. The lowest BCUT2D eigenvalue weighted by atomic mass is 9.98. The fraction of sp³-hybridized carbons (Fsp3) is 0.308. The molecule has 4 rings (SSSR count). The number of hydrogen-bond acceptors (Lipinski definition) is 6. The van der Waals surface area contributed by atoms with E-state index < -0.39 is 0 Å². The first kappa shape index (κ1) is 11.4. The molecule has 1 aliphatic heterocycles.